The van der Waals surface area contributed by atoms with Crippen LogP contribution >= 0.6 is 0 Å². The maximum atomic E-state index is 12.2. The van der Waals surface area contributed by atoms with Gasteiger partial charge in [-0.25, -0.2) is 0 Å². The molecule has 1 amide bonds. The molecule has 0 heterocycles. The molecule has 3 heteroatoms. The second-order valence-corrected chi connectivity index (χ2v) is 5.69. The summed E-state index contributed by atoms with van der Waals surface area (Å²) in [6.45, 7) is 8.90. The first-order valence-electron chi connectivity index (χ1n) is 6.48. The summed E-state index contributed by atoms with van der Waals surface area (Å²) in [5, 5.41) is 3.00. The Morgan fingerprint density at radius 2 is 1.83 bits per heavy atom. The van der Waals surface area contributed by atoms with Gasteiger partial charge in [0.1, 0.15) is 0 Å². The van der Waals surface area contributed by atoms with Crippen molar-refractivity contribution in [3.8, 4) is 0 Å². The van der Waals surface area contributed by atoms with Gasteiger partial charge in [0.25, 0.3) is 0 Å². The van der Waals surface area contributed by atoms with Gasteiger partial charge in [-0.2, -0.15) is 0 Å². The first-order chi connectivity index (χ1) is 8.34. The van der Waals surface area contributed by atoms with E-state index < -0.39 is 5.41 Å². The van der Waals surface area contributed by atoms with E-state index in [2.05, 4.69) is 19.2 Å². The summed E-state index contributed by atoms with van der Waals surface area (Å²) in [5.74, 6) is 0.665. The van der Waals surface area contributed by atoms with E-state index in [1.54, 1.807) is 0 Å². The Bertz CT molecular complexity index is 393. The number of carbonyl (C=O) groups excluding carboxylic acids is 1. The van der Waals surface area contributed by atoms with Gasteiger partial charge in [0.05, 0.1) is 5.41 Å². The molecule has 1 aromatic rings. The van der Waals surface area contributed by atoms with Crippen molar-refractivity contribution in [1.29, 1.82) is 0 Å². The molecule has 0 atom stereocenters. The molecule has 0 aliphatic carbocycles. The fourth-order valence-electron chi connectivity index (χ4n) is 1.73. The van der Waals surface area contributed by atoms with Gasteiger partial charge >= 0.3 is 0 Å². The first kappa shape index (κ1) is 14.6. The molecule has 18 heavy (non-hydrogen) atoms. The first-order valence-corrected chi connectivity index (χ1v) is 6.48. The number of amides is 1. The lowest BCUT2D eigenvalue weighted by atomic mass is 9.83. The smallest absolute Gasteiger partial charge is 0.230 e. The Kier molecular flexibility index (Phi) is 4.76. The van der Waals surface area contributed by atoms with E-state index in [0.717, 1.165) is 24.2 Å². The molecule has 0 bridgehead atoms. The van der Waals surface area contributed by atoms with Crippen LogP contribution in [0.5, 0.6) is 0 Å². The highest BCUT2D eigenvalue weighted by Gasteiger charge is 2.29. The third-order valence-electron chi connectivity index (χ3n) is 3.21. The fourth-order valence-corrected chi connectivity index (χ4v) is 1.73. The second-order valence-electron chi connectivity index (χ2n) is 5.69. The van der Waals surface area contributed by atoms with Crippen molar-refractivity contribution in [2.75, 3.05) is 12.3 Å². The van der Waals surface area contributed by atoms with E-state index in [1.165, 1.54) is 0 Å². The molecule has 0 spiro atoms. The van der Waals surface area contributed by atoms with E-state index in [-0.39, 0.29) is 5.91 Å². The SMILES string of the molecule is CC(C)CCNC(=O)C(C)(C)c1ccc(N)cc1. The molecule has 1 rings (SSSR count). The van der Waals surface area contributed by atoms with E-state index >= 15 is 0 Å². The molecule has 0 aliphatic rings. The Hall–Kier alpha value is -1.51. The minimum absolute atomic E-state index is 0.0629. The lowest BCUT2D eigenvalue weighted by Crippen LogP contribution is -2.40. The number of nitrogen functional groups attached to an aromatic ring is 1. The molecule has 0 radical (unpaired) electrons. The summed E-state index contributed by atoms with van der Waals surface area (Å²) < 4.78 is 0. The largest absolute Gasteiger partial charge is 0.399 e. The van der Waals surface area contributed by atoms with Gasteiger partial charge in [0.2, 0.25) is 5.91 Å². The quantitative estimate of drug-likeness (QED) is 0.787. The lowest BCUT2D eigenvalue weighted by Gasteiger charge is -2.24. The van der Waals surface area contributed by atoms with Crippen LogP contribution in [-0.4, -0.2) is 12.5 Å². The maximum Gasteiger partial charge on any atom is 0.230 e. The molecule has 100 valence electrons. The second kappa shape index (κ2) is 5.89. The predicted octanol–water partition coefficient (Wildman–Crippen LogP) is 2.71. The molecule has 0 saturated carbocycles. The Balaban J connectivity index is 2.67. The Morgan fingerprint density at radius 1 is 1.28 bits per heavy atom. The van der Waals surface area contributed by atoms with E-state index in [9.17, 15) is 4.79 Å². The lowest BCUT2D eigenvalue weighted by molar-refractivity contribution is -0.125. The number of carbonyl (C=O) groups is 1. The maximum absolute atomic E-state index is 12.2. The highest BCUT2D eigenvalue weighted by Crippen LogP contribution is 2.24. The van der Waals surface area contributed by atoms with Crippen molar-refractivity contribution < 1.29 is 4.79 Å². The molecule has 0 aromatic heterocycles. The highest BCUT2D eigenvalue weighted by atomic mass is 16.2. The van der Waals surface area contributed by atoms with Gasteiger partial charge in [0, 0.05) is 12.2 Å². The summed E-state index contributed by atoms with van der Waals surface area (Å²) in [6.07, 6.45) is 1.00. The van der Waals surface area contributed by atoms with Crippen molar-refractivity contribution in [2.24, 2.45) is 5.92 Å². The van der Waals surface area contributed by atoms with Crippen LogP contribution < -0.4 is 11.1 Å². The summed E-state index contributed by atoms with van der Waals surface area (Å²) in [4.78, 5) is 12.2. The summed E-state index contributed by atoms with van der Waals surface area (Å²) in [5.41, 5.74) is 6.84. The molecular weight excluding hydrogens is 224 g/mol. The minimum atomic E-state index is -0.523. The van der Waals surface area contributed by atoms with Crippen LogP contribution in [0.15, 0.2) is 24.3 Å². The number of rotatable bonds is 5. The third-order valence-corrected chi connectivity index (χ3v) is 3.21. The van der Waals surface area contributed by atoms with Crippen LogP contribution in [0, 0.1) is 5.92 Å². The van der Waals surface area contributed by atoms with E-state index in [1.807, 2.05) is 38.1 Å². The minimum Gasteiger partial charge on any atom is -0.399 e. The van der Waals surface area contributed by atoms with Gasteiger partial charge in [0.15, 0.2) is 0 Å². The number of nitrogens with one attached hydrogen (secondary N) is 1. The zero-order valence-corrected chi connectivity index (χ0v) is 11.8. The molecule has 1 aromatic carbocycles. The number of anilines is 1. The van der Waals surface area contributed by atoms with Crippen LogP contribution in [0.4, 0.5) is 5.69 Å². The molecule has 0 fully saturated rings. The standard InChI is InChI=1S/C15H24N2O/c1-11(2)9-10-17-14(18)15(3,4)12-5-7-13(16)8-6-12/h5-8,11H,9-10,16H2,1-4H3,(H,17,18). The average Bonchev–Trinajstić information content (AvgIpc) is 2.28. The summed E-state index contributed by atoms with van der Waals surface area (Å²) in [6, 6.07) is 7.49. The average molecular weight is 248 g/mol. The zero-order valence-electron chi connectivity index (χ0n) is 11.8. The molecule has 0 aliphatic heterocycles. The summed E-state index contributed by atoms with van der Waals surface area (Å²) in [7, 11) is 0. The number of hydrogen-bond donors (Lipinski definition) is 2. The van der Waals surface area contributed by atoms with Crippen LogP contribution in [0.2, 0.25) is 0 Å². The predicted molar refractivity (Wildman–Crippen MR) is 76.3 cm³/mol. The van der Waals surface area contributed by atoms with Crippen molar-refractivity contribution in [3.63, 3.8) is 0 Å². The molecular formula is C15H24N2O. The molecule has 3 nitrogen and oxygen atoms in total. The highest BCUT2D eigenvalue weighted by molar-refractivity contribution is 5.87. The van der Waals surface area contributed by atoms with Crippen LogP contribution in [0.3, 0.4) is 0 Å². The third kappa shape index (κ3) is 3.76. The molecule has 0 unspecified atom stereocenters. The van der Waals surface area contributed by atoms with Gasteiger partial charge in [-0.1, -0.05) is 26.0 Å². The number of nitrogens with two attached hydrogens (primary N) is 1. The normalized spacial score (nSPS) is 11.6. The fraction of sp³-hybridized carbons (Fsp3) is 0.533. The van der Waals surface area contributed by atoms with E-state index in [0.29, 0.717) is 5.92 Å². The molecule has 3 N–H and O–H groups in total. The van der Waals surface area contributed by atoms with Gasteiger partial charge in [-0.05, 0) is 43.9 Å². The van der Waals surface area contributed by atoms with Crippen LogP contribution in [-0.2, 0) is 10.2 Å². The Morgan fingerprint density at radius 3 is 2.33 bits per heavy atom. The number of benzene rings is 1. The number of hydrogen-bond acceptors (Lipinski definition) is 2. The zero-order chi connectivity index (χ0) is 13.8. The summed E-state index contributed by atoms with van der Waals surface area (Å²) >= 11 is 0. The topological polar surface area (TPSA) is 55.1 Å². The van der Waals surface area contributed by atoms with Gasteiger partial charge in [-0.15, -0.1) is 0 Å². The van der Waals surface area contributed by atoms with Crippen molar-refractivity contribution >= 4 is 11.6 Å². The van der Waals surface area contributed by atoms with Gasteiger partial charge in [-0.3, -0.25) is 4.79 Å². The molecule has 0 saturated heterocycles. The van der Waals surface area contributed by atoms with Crippen molar-refractivity contribution in [2.45, 2.75) is 39.5 Å². The Labute approximate surface area is 110 Å². The van der Waals surface area contributed by atoms with Crippen molar-refractivity contribution in [3.05, 3.63) is 29.8 Å². The van der Waals surface area contributed by atoms with Crippen LogP contribution in [0.1, 0.15) is 39.7 Å². The van der Waals surface area contributed by atoms with Gasteiger partial charge < -0.3 is 11.1 Å². The monoisotopic (exact) mass is 248 g/mol. The van der Waals surface area contributed by atoms with Crippen molar-refractivity contribution in [1.82, 2.24) is 5.32 Å². The van der Waals surface area contributed by atoms with Crippen LogP contribution in [0.25, 0.3) is 0 Å². The van der Waals surface area contributed by atoms with E-state index in [4.69, 9.17) is 5.73 Å².